The van der Waals surface area contributed by atoms with Gasteiger partial charge < -0.3 is 14.8 Å². The van der Waals surface area contributed by atoms with E-state index in [-0.39, 0.29) is 0 Å². The summed E-state index contributed by atoms with van der Waals surface area (Å²) in [4.78, 5) is 10.7. The van der Waals surface area contributed by atoms with Gasteiger partial charge in [-0.15, -0.1) is 0 Å². The number of nitrogens with one attached hydrogen (secondary N) is 1. The molecule has 2 unspecified atom stereocenters. The normalized spacial score (nSPS) is 23.7. The molecule has 2 fully saturated rings. The largest absolute Gasteiger partial charge is 0.493 e. The van der Waals surface area contributed by atoms with Crippen molar-refractivity contribution >= 4 is 16.6 Å². The highest BCUT2D eigenvalue weighted by atomic mass is 16.7. The fourth-order valence-corrected chi connectivity index (χ4v) is 4.89. The molecule has 6 nitrogen and oxygen atoms in total. The first-order valence-corrected chi connectivity index (χ1v) is 11.9. The highest BCUT2D eigenvalue weighted by molar-refractivity contribution is 5.96. The lowest BCUT2D eigenvalue weighted by Gasteiger charge is -2.31. The van der Waals surface area contributed by atoms with E-state index in [1.807, 2.05) is 5.06 Å². The Labute approximate surface area is 185 Å². The van der Waals surface area contributed by atoms with Gasteiger partial charge in [0.2, 0.25) is 0 Å². The summed E-state index contributed by atoms with van der Waals surface area (Å²) >= 11 is 0. The van der Waals surface area contributed by atoms with Crippen molar-refractivity contribution in [1.82, 2.24) is 10.0 Å². The summed E-state index contributed by atoms with van der Waals surface area (Å²) in [6.07, 6.45) is 5.87. The van der Waals surface area contributed by atoms with E-state index >= 15 is 0 Å². The predicted molar refractivity (Wildman–Crippen MR) is 123 cm³/mol. The molecular formula is C25H35N3O3. The van der Waals surface area contributed by atoms with Gasteiger partial charge in [0.05, 0.1) is 25.8 Å². The van der Waals surface area contributed by atoms with Crippen molar-refractivity contribution in [3.63, 3.8) is 0 Å². The minimum Gasteiger partial charge on any atom is -0.493 e. The molecule has 1 saturated carbocycles. The second-order valence-corrected chi connectivity index (χ2v) is 9.55. The molecule has 2 aliphatic carbocycles. The molecule has 1 saturated heterocycles. The second-order valence-electron chi connectivity index (χ2n) is 9.55. The third kappa shape index (κ3) is 4.46. The van der Waals surface area contributed by atoms with Gasteiger partial charge in [0.1, 0.15) is 0 Å². The van der Waals surface area contributed by atoms with Crippen molar-refractivity contribution in [2.75, 3.05) is 45.3 Å². The fraction of sp³-hybridized carbons (Fsp3) is 0.640. The number of anilines is 1. The maximum absolute atomic E-state index is 6.29. The van der Waals surface area contributed by atoms with E-state index in [0.717, 1.165) is 73.8 Å². The predicted octanol–water partition coefficient (Wildman–Crippen LogP) is 4.45. The summed E-state index contributed by atoms with van der Waals surface area (Å²) in [6.45, 7) is 8.73. The highest BCUT2D eigenvalue weighted by Crippen LogP contribution is 2.41. The van der Waals surface area contributed by atoms with Crippen LogP contribution in [0.1, 0.15) is 44.4 Å². The summed E-state index contributed by atoms with van der Waals surface area (Å²) in [6, 6.07) is 4.20. The molecule has 0 amide bonds. The van der Waals surface area contributed by atoms with Gasteiger partial charge in [-0.25, -0.2) is 0 Å². The molecule has 1 aromatic carbocycles. The van der Waals surface area contributed by atoms with Crippen LogP contribution in [0.3, 0.4) is 0 Å². The molecule has 0 spiro atoms. The zero-order valence-corrected chi connectivity index (χ0v) is 19.1. The van der Waals surface area contributed by atoms with Crippen LogP contribution in [0.2, 0.25) is 0 Å². The van der Waals surface area contributed by atoms with Crippen molar-refractivity contribution in [3.8, 4) is 11.5 Å². The van der Waals surface area contributed by atoms with E-state index in [1.165, 1.54) is 29.8 Å². The van der Waals surface area contributed by atoms with Gasteiger partial charge in [0, 0.05) is 48.4 Å². The number of ether oxygens (including phenoxy) is 2. The molecular weight excluding hydrogens is 390 g/mol. The average Bonchev–Trinajstić information content (AvgIpc) is 3.54. The summed E-state index contributed by atoms with van der Waals surface area (Å²) in [5, 5.41) is 6.96. The minimum absolute atomic E-state index is 0.457. The van der Waals surface area contributed by atoms with Crippen molar-refractivity contribution in [3.05, 3.63) is 23.4 Å². The molecule has 1 aliphatic heterocycles. The van der Waals surface area contributed by atoms with Gasteiger partial charge in [-0.3, -0.25) is 9.82 Å². The summed E-state index contributed by atoms with van der Waals surface area (Å²) in [7, 11) is 1.72. The number of hydrogen-bond donors (Lipinski definition) is 1. The lowest BCUT2D eigenvalue weighted by Crippen LogP contribution is -2.38. The lowest BCUT2D eigenvalue weighted by molar-refractivity contribution is -0.194. The highest BCUT2D eigenvalue weighted by Gasteiger charge is 2.28. The second kappa shape index (κ2) is 8.83. The van der Waals surface area contributed by atoms with Crippen LogP contribution in [0.4, 0.5) is 5.69 Å². The first kappa shape index (κ1) is 20.8. The van der Waals surface area contributed by atoms with E-state index in [2.05, 4.69) is 31.3 Å². The Hall–Kier alpha value is -2.05. The average molecular weight is 426 g/mol. The number of pyridine rings is 1. The molecule has 1 N–H and O–H groups in total. The number of methoxy groups -OCH3 is 1. The molecule has 0 bridgehead atoms. The SMILES string of the molecule is CCN1CC(COc2cc3nc4c(c(NCC5CC5)c3cc2OC)CC(C)C4)CCO1. The first-order chi connectivity index (χ1) is 15.1. The monoisotopic (exact) mass is 425 g/mol. The van der Waals surface area contributed by atoms with Crippen molar-refractivity contribution in [1.29, 1.82) is 0 Å². The molecule has 31 heavy (non-hydrogen) atoms. The maximum Gasteiger partial charge on any atom is 0.163 e. The van der Waals surface area contributed by atoms with Crippen LogP contribution >= 0.6 is 0 Å². The molecule has 0 radical (unpaired) electrons. The van der Waals surface area contributed by atoms with Crippen molar-refractivity contribution in [2.24, 2.45) is 17.8 Å². The van der Waals surface area contributed by atoms with E-state index in [9.17, 15) is 0 Å². The van der Waals surface area contributed by atoms with Gasteiger partial charge >= 0.3 is 0 Å². The van der Waals surface area contributed by atoms with Crippen molar-refractivity contribution < 1.29 is 14.3 Å². The van der Waals surface area contributed by atoms with Crippen LogP contribution in [0.15, 0.2) is 12.1 Å². The Morgan fingerprint density at radius 3 is 2.81 bits per heavy atom. The zero-order valence-electron chi connectivity index (χ0n) is 19.1. The van der Waals surface area contributed by atoms with E-state index in [4.69, 9.17) is 19.3 Å². The molecule has 2 heterocycles. The maximum atomic E-state index is 6.29. The number of hydroxylamine groups is 2. The standard InChI is InChI=1S/C25H35N3O3/c1-4-28-14-18(7-8-31-28)15-30-24-12-22-20(11-23(24)29-3)25(26-13-17-5-6-17)19-9-16(2)10-21(19)27-22/h11-12,16-18H,4-10,13-15H2,1-3H3,(H,26,27). The third-order valence-electron chi connectivity index (χ3n) is 6.90. The Bertz CT molecular complexity index is 943. The molecule has 3 aliphatic rings. The molecule has 2 atom stereocenters. The van der Waals surface area contributed by atoms with Gasteiger partial charge in [-0.2, -0.15) is 5.06 Å². The Balaban J connectivity index is 1.43. The minimum atomic E-state index is 0.457. The van der Waals surface area contributed by atoms with Gasteiger partial charge in [0.15, 0.2) is 11.5 Å². The Morgan fingerprint density at radius 2 is 2.03 bits per heavy atom. The van der Waals surface area contributed by atoms with Gasteiger partial charge in [-0.1, -0.05) is 13.8 Å². The Morgan fingerprint density at radius 1 is 1.16 bits per heavy atom. The molecule has 168 valence electrons. The topological polar surface area (TPSA) is 55.9 Å². The van der Waals surface area contributed by atoms with Crippen LogP contribution in [-0.2, 0) is 17.7 Å². The quantitative estimate of drug-likeness (QED) is 0.674. The summed E-state index contributed by atoms with van der Waals surface area (Å²) in [5.74, 6) is 3.50. The van der Waals surface area contributed by atoms with Gasteiger partial charge in [-0.05, 0) is 55.6 Å². The van der Waals surface area contributed by atoms with E-state index < -0.39 is 0 Å². The number of hydrogen-bond acceptors (Lipinski definition) is 6. The van der Waals surface area contributed by atoms with E-state index in [1.54, 1.807) is 7.11 Å². The van der Waals surface area contributed by atoms with E-state index in [0.29, 0.717) is 18.4 Å². The number of fused-ring (bicyclic) bond motifs is 2. The lowest BCUT2D eigenvalue weighted by atomic mass is 10.0. The van der Waals surface area contributed by atoms with Crippen LogP contribution < -0.4 is 14.8 Å². The summed E-state index contributed by atoms with van der Waals surface area (Å²) in [5.41, 5.74) is 4.92. The molecule has 2 aromatic rings. The zero-order chi connectivity index (χ0) is 21.4. The molecule has 1 aromatic heterocycles. The van der Waals surface area contributed by atoms with Crippen LogP contribution in [0.25, 0.3) is 10.9 Å². The third-order valence-corrected chi connectivity index (χ3v) is 6.90. The number of nitrogens with zero attached hydrogens (tertiary/aromatic N) is 2. The van der Waals surface area contributed by atoms with Crippen molar-refractivity contribution in [2.45, 2.75) is 46.0 Å². The van der Waals surface area contributed by atoms with Gasteiger partial charge in [0.25, 0.3) is 0 Å². The number of aromatic nitrogens is 1. The van der Waals surface area contributed by atoms with Crippen LogP contribution in [-0.4, -0.2) is 50.0 Å². The number of benzene rings is 1. The van der Waals surface area contributed by atoms with Crippen LogP contribution in [0.5, 0.6) is 11.5 Å². The smallest absolute Gasteiger partial charge is 0.163 e. The molecule has 6 heteroatoms. The first-order valence-electron chi connectivity index (χ1n) is 11.9. The molecule has 5 rings (SSSR count). The Kier molecular flexibility index (Phi) is 5.93. The summed E-state index contributed by atoms with van der Waals surface area (Å²) < 4.78 is 12.0. The van der Waals surface area contributed by atoms with Crippen LogP contribution in [0, 0.1) is 17.8 Å². The number of rotatable bonds is 8. The fourth-order valence-electron chi connectivity index (χ4n) is 4.89.